The van der Waals surface area contributed by atoms with E-state index in [1.165, 1.54) is 32.4 Å². The molecule has 1 aromatic heterocycles. The molecule has 3 rings (SSSR count). The highest BCUT2D eigenvalue weighted by Gasteiger charge is 2.25. The molecule has 3 heterocycles. The molecule has 0 amide bonds. The predicted octanol–water partition coefficient (Wildman–Crippen LogP) is 3.80. The molecule has 1 aromatic rings. The fourth-order valence-electron chi connectivity index (χ4n) is 2.76. The van der Waals surface area contributed by atoms with Crippen molar-refractivity contribution in [3.05, 3.63) is 52.2 Å². The van der Waals surface area contributed by atoms with Crippen molar-refractivity contribution in [2.45, 2.75) is 26.7 Å². The van der Waals surface area contributed by atoms with Gasteiger partial charge in [-0.2, -0.15) is 0 Å². The molecule has 0 saturated carbocycles. The van der Waals surface area contributed by atoms with Gasteiger partial charge in [0, 0.05) is 30.1 Å². The fourth-order valence-corrected chi connectivity index (χ4v) is 3.93. The molecule has 0 fully saturated rings. The zero-order chi connectivity index (χ0) is 14.3. The van der Waals surface area contributed by atoms with Crippen LogP contribution in [0.25, 0.3) is 0 Å². The van der Waals surface area contributed by atoms with Gasteiger partial charge in [0.15, 0.2) is 11.9 Å². The van der Waals surface area contributed by atoms with Crippen LogP contribution < -0.4 is 4.90 Å². The van der Waals surface area contributed by atoms with Gasteiger partial charge in [-0.15, -0.1) is 11.3 Å². The van der Waals surface area contributed by atoms with Crippen molar-refractivity contribution in [3.8, 4) is 0 Å². The summed E-state index contributed by atoms with van der Waals surface area (Å²) in [7, 11) is 4.28. The number of likely N-dealkylation sites (N-methyl/N-ethyl adjacent to an activating group) is 1. The van der Waals surface area contributed by atoms with Crippen LogP contribution in [-0.2, 0) is 6.42 Å². The summed E-state index contributed by atoms with van der Waals surface area (Å²) in [6.07, 6.45) is 13.1. The van der Waals surface area contributed by atoms with E-state index in [9.17, 15) is 0 Å². The van der Waals surface area contributed by atoms with Gasteiger partial charge in [-0.3, -0.25) is 0 Å². The Labute approximate surface area is 125 Å². The van der Waals surface area contributed by atoms with E-state index in [1.807, 2.05) is 11.3 Å². The SMILES string of the molecule is Cc1sc2c(c1C)CC(=CC=CC1=[N+](C)C=CC1)N2C. The van der Waals surface area contributed by atoms with Gasteiger partial charge < -0.3 is 4.90 Å². The maximum atomic E-state index is 2.34. The molecule has 2 aliphatic heterocycles. The van der Waals surface area contributed by atoms with Crippen LogP contribution in [-0.4, -0.2) is 24.4 Å². The first-order valence-corrected chi connectivity index (χ1v) is 7.84. The lowest BCUT2D eigenvalue weighted by molar-refractivity contribution is -0.418. The summed E-state index contributed by atoms with van der Waals surface area (Å²) in [6, 6.07) is 0. The van der Waals surface area contributed by atoms with Crippen molar-refractivity contribution in [3.63, 3.8) is 0 Å². The van der Waals surface area contributed by atoms with Crippen LogP contribution in [0.15, 0.2) is 36.2 Å². The number of fused-ring (bicyclic) bond motifs is 1. The first kappa shape index (κ1) is 13.4. The summed E-state index contributed by atoms with van der Waals surface area (Å²) < 4.78 is 2.18. The van der Waals surface area contributed by atoms with Gasteiger partial charge in [0.25, 0.3) is 0 Å². The van der Waals surface area contributed by atoms with E-state index in [4.69, 9.17) is 0 Å². The summed E-state index contributed by atoms with van der Waals surface area (Å²) >= 11 is 1.91. The minimum absolute atomic E-state index is 1.04. The highest BCUT2D eigenvalue weighted by molar-refractivity contribution is 7.16. The Kier molecular flexibility index (Phi) is 3.38. The maximum Gasteiger partial charge on any atom is 0.185 e. The second kappa shape index (κ2) is 5.06. The number of hydrogen-bond donors (Lipinski definition) is 0. The molecule has 0 aliphatic carbocycles. The molecule has 104 valence electrons. The lowest BCUT2D eigenvalue weighted by atomic mass is 10.1. The minimum Gasteiger partial charge on any atom is -0.339 e. The van der Waals surface area contributed by atoms with Crippen molar-refractivity contribution >= 4 is 22.0 Å². The molecule has 2 nitrogen and oxygen atoms in total. The van der Waals surface area contributed by atoms with E-state index in [2.05, 4.69) is 67.9 Å². The van der Waals surface area contributed by atoms with Gasteiger partial charge in [0.2, 0.25) is 0 Å². The molecule has 0 atom stereocenters. The number of aryl methyl sites for hydroxylation is 1. The smallest absolute Gasteiger partial charge is 0.185 e. The van der Waals surface area contributed by atoms with Crippen LogP contribution in [0.3, 0.4) is 0 Å². The Morgan fingerprint density at radius 2 is 2.15 bits per heavy atom. The predicted molar refractivity (Wildman–Crippen MR) is 88.1 cm³/mol. The Morgan fingerprint density at radius 1 is 1.35 bits per heavy atom. The zero-order valence-electron chi connectivity index (χ0n) is 12.6. The summed E-state index contributed by atoms with van der Waals surface area (Å²) in [5.41, 5.74) is 5.73. The fraction of sp³-hybridized carbons (Fsp3) is 0.353. The number of hydrogen-bond acceptors (Lipinski definition) is 2. The number of rotatable bonds is 2. The molecular formula is C17H21N2S+. The molecule has 2 aliphatic rings. The first-order valence-electron chi connectivity index (χ1n) is 7.03. The molecule has 0 N–H and O–H groups in total. The van der Waals surface area contributed by atoms with Gasteiger partial charge in [-0.05, 0) is 37.1 Å². The van der Waals surface area contributed by atoms with Crippen LogP contribution in [0.4, 0.5) is 5.00 Å². The summed E-state index contributed by atoms with van der Waals surface area (Å²) in [6.45, 7) is 4.46. The standard InChI is InChI=1S/C17H21N2S/c1-12-13(2)20-17-16(12)11-15(19(17)4)8-5-7-14-9-6-10-18(14)3/h5-8,10H,9,11H2,1-4H3/q+1. The number of allylic oxidation sites excluding steroid dienone is 5. The topological polar surface area (TPSA) is 6.25 Å². The van der Waals surface area contributed by atoms with Gasteiger partial charge in [-0.25, -0.2) is 4.58 Å². The van der Waals surface area contributed by atoms with Gasteiger partial charge in [-0.1, -0.05) is 6.08 Å². The quantitative estimate of drug-likeness (QED) is 0.749. The normalized spacial score (nSPS) is 20.0. The molecule has 3 heteroatoms. The number of thiophene rings is 1. The van der Waals surface area contributed by atoms with Crippen LogP contribution in [0, 0.1) is 13.8 Å². The van der Waals surface area contributed by atoms with E-state index in [0.29, 0.717) is 0 Å². The van der Waals surface area contributed by atoms with E-state index in [-0.39, 0.29) is 0 Å². The van der Waals surface area contributed by atoms with Crippen molar-refractivity contribution in [1.29, 1.82) is 0 Å². The average Bonchev–Trinajstić information content (AvgIpc) is 3.04. The third-order valence-electron chi connectivity index (χ3n) is 4.27. The summed E-state index contributed by atoms with van der Waals surface area (Å²) in [5.74, 6) is 0. The Balaban J connectivity index is 1.79. The summed E-state index contributed by atoms with van der Waals surface area (Å²) in [5, 5.41) is 1.42. The van der Waals surface area contributed by atoms with Crippen LogP contribution >= 0.6 is 11.3 Å². The molecule has 0 spiro atoms. The van der Waals surface area contributed by atoms with Crippen molar-refractivity contribution in [2.24, 2.45) is 0 Å². The van der Waals surface area contributed by atoms with Crippen molar-refractivity contribution in [2.75, 3.05) is 19.0 Å². The third kappa shape index (κ3) is 2.16. The van der Waals surface area contributed by atoms with E-state index in [0.717, 1.165) is 12.8 Å². The molecule has 0 aromatic carbocycles. The molecular weight excluding hydrogens is 264 g/mol. The van der Waals surface area contributed by atoms with Gasteiger partial charge in [0.1, 0.15) is 7.05 Å². The minimum atomic E-state index is 1.04. The Bertz CT molecular complexity index is 671. The maximum absolute atomic E-state index is 2.34. The van der Waals surface area contributed by atoms with E-state index in [1.54, 1.807) is 0 Å². The molecule has 0 bridgehead atoms. The Hall–Kier alpha value is -1.61. The largest absolute Gasteiger partial charge is 0.339 e. The van der Waals surface area contributed by atoms with Gasteiger partial charge in [0.05, 0.1) is 11.4 Å². The van der Waals surface area contributed by atoms with Gasteiger partial charge >= 0.3 is 0 Å². The highest BCUT2D eigenvalue weighted by atomic mass is 32.1. The molecule has 0 saturated heterocycles. The van der Waals surface area contributed by atoms with Crippen molar-refractivity contribution in [1.82, 2.24) is 0 Å². The molecule has 0 radical (unpaired) electrons. The first-order chi connectivity index (χ1) is 9.58. The molecule has 0 unspecified atom stereocenters. The second-order valence-electron chi connectivity index (χ2n) is 5.51. The highest BCUT2D eigenvalue weighted by Crippen LogP contribution is 2.42. The summed E-state index contributed by atoms with van der Waals surface area (Å²) in [4.78, 5) is 3.79. The van der Waals surface area contributed by atoms with Crippen molar-refractivity contribution < 1.29 is 4.58 Å². The lowest BCUT2D eigenvalue weighted by Gasteiger charge is -2.12. The second-order valence-corrected chi connectivity index (χ2v) is 6.71. The van der Waals surface area contributed by atoms with E-state index >= 15 is 0 Å². The average molecular weight is 285 g/mol. The van der Waals surface area contributed by atoms with Crippen LogP contribution in [0.2, 0.25) is 0 Å². The zero-order valence-corrected chi connectivity index (χ0v) is 13.4. The van der Waals surface area contributed by atoms with Crippen LogP contribution in [0.5, 0.6) is 0 Å². The number of nitrogens with zero attached hydrogens (tertiary/aromatic N) is 2. The monoisotopic (exact) mass is 285 g/mol. The van der Waals surface area contributed by atoms with Crippen LogP contribution in [0.1, 0.15) is 22.4 Å². The number of anilines is 1. The molecule has 20 heavy (non-hydrogen) atoms. The van der Waals surface area contributed by atoms with E-state index < -0.39 is 0 Å². The third-order valence-corrected chi connectivity index (χ3v) is 5.59. The lowest BCUT2D eigenvalue weighted by Crippen LogP contribution is -2.10. The Morgan fingerprint density at radius 3 is 2.80 bits per heavy atom.